The van der Waals surface area contributed by atoms with Crippen LogP contribution in [0, 0.1) is 5.92 Å². The van der Waals surface area contributed by atoms with E-state index in [1.54, 1.807) is 24.1 Å². The van der Waals surface area contributed by atoms with E-state index in [1.807, 2.05) is 24.4 Å². The minimum absolute atomic E-state index is 0.00863. The number of methoxy groups -OCH3 is 1. The Labute approximate surface area is 176 Å². The molecule has 1 aromatic carbocycles. The third kappa shape index (κ3) is 5.95. The normalized spacial score (nSPS) is 18.5. The largest absolute Gasteiger partial charge is 0.497 e. The highest BCUT2D eigenvalue weighted by Gasteiger charge is 2.41. The Hall–Kier alpha value is -3.10. The van der Waals surface area contributed by atoms with Crippen molar-refractivity contribution in [2.75, 3.05) is 27.3 Å². The predicted molar refractivity (Wildman–Crippen MR) is 109 cm³/mol. The Balaban J connectivity index is 2.20. The van der Waals surface area contributed by atoms with Gasteiger partial charge in [0.1, 0.15) is 5.75 Å². The van der Waals surface area contributed by atoms with Crippen LogP contribution in [0.25, 0.3) is 0 Å². The van der Waals surface area contributed by atoms with Crippen LogP contribution in [0.5, 0.6) is 5.75 Å². The van der Waals surface area contributed by atoms with Gasteiger partial charge < -0.3 is 19.7 Å². The smallest absolute Gasteiger partial charge is 0.321 e. The second kappa shape index (κ2) is 11.2. The van der Waals surface area contributed by atoms with Crippen molar-refractivity contribution in [1.82, 2.24) is 15.5 Å². The maximum Gasteiger partial charge on any atom is 0.321 e. The summed E-state index contributed by atoms with van der Waals surface area (Å²) in [4.78, 5) is 50.1. The fourth-order valence-corrected chi connectivity index (χ4v) is 3.47. The molecular formula is C21H29N3O6. The average Bonchev–Trinajstić information content (AvgIpc) is 2.76. The lowest BCUT2D eigenvalue weighted by Crippen LogP contribution is -2.46. The number of rotatable bonds is 8. The Morgan fingerprint density at radius 2 is 1.90 bits per heavy atom. The second-order valence-corrected chi connectivity index (χ2v) is 7.04. The highest BCUT2D eigenvalue weighted by molar-refractivity contribution is 5.95. The molecule has 0 aliphatic carbocycles. The van der Waals surface area contributed by atoms with Crippen molar-refractivity contribution in [3.05, 3.63) is 29.8 Å². The van der Waals surface area contributed by atoms with Crippen molar-refractivity contribution in [2.45, 2.75) is 38.6 Å². The van der Waals surface area contributed by atoms with Crippen molar-refractivity contribution in [3.8, 4) is 5.75 Å². The predicted octanol–water partition coefficient (Wildman–Crippen LogP) is 1.77. The van der Waals surface area contributed by atoms with Gasteiger partial charge in [-0.15, -0.1) is 0 Å². The van der Waals surface area contributed by atoms with Crippen LogP contribution in [-0.2, 0) is 19.1 Å². The summed E-state index contributed by atoms with van der Waals surface area (Å²) in [6.07, 6.45) is 2.29. The number of carbonyl (C=O) groups excluding carboxylic acids is 4. The molecule has 1 heterocycles. The summed E-state index contributed by atoms with van der Waals surface area (Å²) >= 11 is 0. The Bertz CT molecular complexity index is 765. The lowest BCUT2D eigenvalue weighted by atomic mass is 9.84. The van der Waals surface area contributed by atoms with Crippen molar-refractivity contribution in [1.29, 1.82) is 0 Å². The highest BCUT2D eigenvalue weighted by atomic mass is 16.5. The van der Waals surface area contributed by atoms with Crippen LogP contribution in [0.3, 0.4) is 0 Å². The summed E-state index contributed by atoms with van der Waals surface area (Å²) in [7, 11) is 2.94. The molecule has 1 aromatic rings. The van der Waals surface area contributed by atoms with E-state index in [1.165, 1.54) is 7.05 Å². The van der Waals surface area contributed by atoms with Gasteiger partial charge in [0, 0.05) is 20.0 Å². The zero-order chi connectivity index (χ0) is 22.1. The van der Waals surface area contributed by atoms with Gasteiger partial charge in [0.2, 0.25) is 5.91 Å². The van der Waals surface area contributed by atoms with Gasteiger partial charge in [-0.1, -0.05) is 25.5 Å². The van der Waals surface area contributed by atoms with Crippen LogP contribution < -0.4 is 15.4 Å². The monoisotopic (exact) mass is 419 g/mol. The van der Waals surface area contributed by atoms with E-state index in [0.717, 1.165) is 18.4 Å². The molecule has 9 nitrogen and oxygen atoms in total. The summed E-state index contributed by atoms with van der Waals surface area (Å²) in [5.41, 5.74) is 0.803. The van der Waals surface area contributed by atoms with E-state index in [0.29, 0.717) is 18.7 Å². The first kappa shape index (κ1) is 23.2. The molecule has 1 aliphatic heterocycles. The van der Waals surface area contributed by atoms with Gasteiger partial charge in [0.25, 0.3) is 5.91 Å². The molecule has 0 spiro atoms. The minimum Gasteiger partial charge on any atom is -0.497 e. The number of likely N-dealkylation sites (tertiary alicyclic amines) is 1. The molecule has 0 aromatic heterocycles. The van der Waals surface area contributed by atoms with Gasteiger partial charge in [-0.2, -0.15) is 0 Å². The zero-order valence-corrected chi connectivity index (χ0v) is 17.6. The lowest BCUT2D eigenvalue weighted by molar-refractivity contribution is -0.159. The summed E-state index contributed by atoms with van der Waals surface area (Å²) in [5.74, 6) is -1.24. The van der Waals surface area contributed by atoms with Crippen molar-refractivity contribution in [2.24, 2.45) is 5.92 Å². The Kier molecular flexibility index (Phi) is 8.64. The number of imide groups is 1. The van der Waals surface area contributed by atoms with Crippen molar-refractivity contribution in [3.63, 3.8) is 0 Å². The SMILES string of the molecule is CCCCN1C(=O)CC[C@@H](C(=O)OCC(=O)NC(=O)NC)[C@H]1c1ccc(OC)cc1. The fourth-order valence-electron chi connectivity index (χ4n) is 3.47. The Morgan fingerprint density at radius 3 is 2.50 bits per heavy atom. The van der Waals surface area contributed by atoms with Crippen LogP contribution in [0.1, 0.15) is 44.2 Å². The molecule has 9 heteroatoms. The molecule has 0 radical (unpaired) electrons. The molecule has 1 aliphatic rings. The number of amides is 4. The summed E-state index contributed by atoms with van der Waals surface area (Å²) < 4.78 is 10.4. The van der Waals surface area contributed by atoms with Crippen LogP contribution in [-0.4, -0.2) is 56.0 Å². The van der Waals surface area contributed by atoms with Crippen molar-refractivity contribution < 1.29 is 28.7 Å². The summed E-state index contributed by atoms with van der Waals surface area (Å²) in [6, 6.07) is 6.07. The number of hydrogen-bond donors (Lipinski definition) is 2. The number of nitrogens with one attached hydrogen (secondary N) is 2. The molecule has 4 amide bonds. The number of ether oxygens (including phenoxy) is 2. The lowest BCUT2D eigenvalue weighted by Gasteiger charge is -2.40. The average molecular weight is 419 g/mol. The van der Waals surface area contributed by atoms with Gasteiger partial charge in [-0.3, -0.25) is 19.7 Å². The molecule has 2 rings (SSSR count). The highest BCUT2D eigenvalue weighted by Crippen LogP contribution is 2.38. The second-order valence-electron chi connectivity index (χ2n) is 7.04. The number of urea groups is 1. The molecule has 0 saturated carbocycles. The van der Waals surface area contributed by atoms with Crippen molar-refractivity contribution >= 4 is 23.8 Å². The molecule has 2 N–H and O–H groups in total. The Morgan fingerprint density at radius 1 is 1.20 bits per heavy atom. The molecule has 0 bridgehead atoms. The van der Waals surface area contributed by atoms with E-state index >= 15 is 0 Å². The van der Waals surface area contributed by atoms with Crippen LogP contribution in [0.2, 0.25) is 0 Å². The zero-order valence-electron chi connectivity index (χ0n) is 17.6. The van der Waals surface area contributed by atoms with Gasteiger partial charge in [-0.05, 0) is 30.5 Å². The third-order valence-corrected chi connectivity index (χ3v) is 5.04. The minimum atomic E-state index is -0.724. The first-order valence-corrected chi connectivity index (χ1v) is 10.0. The maximum absolute atomic E-state index is 12.8. The van der Waals surface area contributed by atoms with E-state index in [9.17, 15) is 19.2 Å². The molecule has 164 valence electrons. The number of benzene rings is 1. The number of unbranched alkanes of at least 4 members (excludes halogenated alkanes) is 1. The molecule has 1 fully saturated rings. The molecule has 1 saturated heterocycles. The first-order chi connectivity index (χ1) is 14.4. The van der Waals surface area contributed by atoms with Crippen LogP contribution >= 0.6 is 0 Å². The number of hydrogen-bond acceptors (Lipinski definition) is 6. The number of nitrogens with zero attached hydrogens (tertiary/aromatic N) is 1. The van der Waals surface area contributed by atoms with E-state index in [-0.39, 0.29) is 12.3 Å². The quantitative estimate of drug-likeness (QED) is 0.621. The summed E-state index contributed by atoms with van der Waals surface area (Å²) in [6.45, 7) is 2.00. The summed E-state index contributed by atoms with van der Waals surface area (Å²) in [5, 5.41) is 4.29. The molecular weight excluding hydrogens is 390 g/mol. The van der Waals surface area contributed by atoms with Gasteiger partial charge in [-0.25, -0.2) is 4.79 Å². The number of esters is 1. The van der Waals surface area contributed by atoms with Gasteiger partial charge in [0.15, 0.2) is 6.61 Å². The number of piperidine rings is 1. The van der Waals surface area contributed by atoms with Crippen LogP contribution in [0.15, 0.2) is 24.3 Å². The van der Waals surface area contributed by atoms with E-state index < -0.39 is 36.5 Å². The molecule has 2 atom stereocenters. The van der Waals surface area contributed by atoms with E-state index in [4.69, 9.17) is 9.47 Å². The van der Waals surface area contributed by atoms with Crippen LogP contribution in [0.4, 0.5) is 4.79 Å². The van der Waals surface area contributed by atoms with Gasteiger partial charge >= 0.3 is 12.0 Å². The van der Waals surface area contributed by atoms with E-state index in [2.05, 4.69) is 5.32 Å². The maximum atomic E-state index is 12.8. The number of carbonyl (C=O) groups is 4. The third-order valence-electron chi connectivity index (χ3n) is 5.04. The van der Waals surface area contributed by atoms with Gasteiger partial charge in [0.05, 0.1) is 19.1 Å². The molecule has 0 unspecified atom stereocenters. The molecule has 30 heavy (non-hydrogen) atoms. The first-order valence-electron chi connectivity index (χ1n) is 10.0. The standard InChI is InChI=1S/C21H29N3O6/c1-4-5-12-24-18(26)11-10-16(19(24)14-6-8-15(29-3)9-7-14)20(27)30-13-17(25)23-21(28)22-2/h6-9,16,19H,4-5,10-13H2,1-3H3,(H2,22,23,25,28)/t16-,19-/m1/s1. The topological polar surface area (TPSA) is 114 Å². The fraction of sp³-hybridized carbons (Fsp3) is 0.524.